The number of carbonyl (C=O) groups is 2. The molecule has 0 heterocycles. The molecule has 0 aliphatic carbocycles. The summed E-state index contributed by atoms with van der Waals surface area (Å²) in [5.41, 5.74) is 5.36. The first-order valence-corrected chi connectivity index (χ1v) is 4.36. The number of nitrogens with two attached hydrogens (primary N) is 1. The topological polar surface area (TPSA) is 113 Å². The molecule has 14 heavy (non-hydrogen) atoms. The average Bonchev–Trinajstić information content (AvgIpc) is 2.01. The summed E-state index contributed by atoms with van der Waals surface area (Å²) in [6, 6.07) is -1.34. The van der Waals surface area contributed by atoms with Gasteiger partial charge in [0.2, 0.25) is 5.91 Å². The van der Waals surface area contributed by atoms with Crippen LogP contribution in [-0.4, -0.2) is 40.8 Å². The monoisotopic (exact) mass is 204 g/mol. The molecule has 0 saturated heterocycles. The molecule has 6 heteroatoms. The van der Waals surface area contributed by atoms with Crippen molar-refractivity contribution in [3.8, 4) is 0 Å². The van der Waals surface area contributed by atoms with Crippen LogP contribution in [-0.2, 0) is 9.59 Å². The predicted molar refractivity (Wildman–Crippen MR) is 49.5 cm³/mol. The van der Waals surface area contributed by atoms with Crippen LogP contribution < -0.4 is 11.1 Å². The highest BCUT2D eigenvalue weighted by atomic mass is 16.4. The minimum Gasteiger partial charge on any atom is -0.480 e. The van der Waals surface area contributed by atoms with Gasteiger partial charge in [-0.05, 0) is 6.92 Å². The van der Waals surface area contributed by atoms with Gasteiger partial charge in [-0.15, -0.1) is 0 Å². The Morgan fingerprint density at radius 1 is 1.50 bits per heavy atom. The molecule has 6 nitrogen and oxygen atoms in total. The van der Waals surface area contributed by atoms with Crippen molar-refractivity contribution < 1.29 is 19.8 Å². The second kappa shape index (κ2) is 6.33. The average molecular weight is 204 g/mol. The number of hydrogen-bond donors (Lipinski definition) is 4. The van der Waals surface area contributed by atoms with Crippen molar-refractivity contribution in [3.05, 3.63) is 0 Å². The van der Waals surface area contributed by atoms with E-state index in [4.69, 9.17) is 15.9 Å². The highest BCUT2D eigenvalue weighted by Gasteiger charge is 2.19. The first-order chi connectivity index (χ1) is 6.47. The van der Waals surface area contributed by atoms with Crippen molar-refractivity contribution in [2.24, 2.45) is 5.73 Å². The van der Waals surface area contributed by atoms with Crippen molar-refractivity contribution in [3.63, 3.8) is 0 Å². The minimum absolute atomic E-state index is 0.0000255. The summed E-state index contributed by atoms with van der Waals surface area (Å²) in [6.45, 7) is 1.37. The van der Waals surface area contributed by atoms with Gasteiger partial charge in [-0.1, -0.05) is 0 Å². The third-order valence-corrected chi connectivity index (χ3v) is 1.56. The molecule has 0 rings (SSSR count). The van der Waals surface area contributed by atoms with E-state index in [1.807, 2.05) is 0 Å². The zero-order valence-corrected chi connectivity index (χ0v) is 8.06. The van der Waals surface area contributed by atoms with Crippen LogP contribution in [0.15, 0.2) is 0 Å². The zero-order valence-electron chi connectivity index (χ0n) is 8.06. The van der Waals surface area contributed by atoms with Crippen molar-refractivity contribution in [1.82, 2.24) is 5.32 Å². The summed E-state index contributed by atoms with van der Waals surface area (Å²) in [6.07, 6.45) is 0.0786. The lowest BCUT2D eigenvalue weighted by Gasteiger charge is -2.13. The molecule has 5 N–H and O–H groups in total. The number of nitrogens with one attached hydrogen (secondary N) is 1. The summed E-state index contributed by atoms with van der Waals surface area (Å²) in [4.78, 5) is 21.7. The Labute approximate surface area is 82.1 Å². The second-order valence-corrected chi connectivity index (χ2v) is 3.15. The first kappa shape index (κ1) is 12.9. The van der Waals surface area contributed by atoms with Gasteiger partial charge >= 0.3 is 5.97 Å². The third kappa shape index (κ3) is 5.50. The fourth-order valence-corrected chi connectivity index (χ4v) is 0.932. The summed E-state index contributed by atoms with van der Waals surface area (Å²) in [7, 11) is 0. The largest absolute Gasteiger partial charge is 0.480 e. The van der Waals surface area contributed by atoms with Gasteiger partial charge in [0, 0.05) is 25.5 Å². The number of aliphatic carboxylic acids is 1. The molecule has 0 radical (unpaired) electrons. The number of amides is 1. The Hall–Kier alpha value is -1.14. The van der Waals surface area contributed by atoms with E-state index in [-0.39, 0.29) is 25.5 Å². The maximum absolute atomic E-state index is 11.1. The molecule has 0 fully saturated rings. The lowest BCUT2D eigenvalue weighted by atomic mass is 10.2. The predicted octanol–water partition coefficient (Wildman–Crippen LogP) is -1.32. The van der Waals surface area contributed by atoms with E-state index in [0.29, 0.717) is 0 Å². The fraction of sp³-hybridized carbons (Fsp3) is 0.750. The molecule has 0 aliphatic heterocycles. The fourth-order valence-electron chi connectivity index (χ4n) is 0.932. The highest BCUT2D eigenvalue weighted by Crippen LogP contribution is 1.94. The summed E-state index contributed by atoms with van der Waals surface area (Å²) in [5.74, 6) is -1.57. The van der Waals surface area contributed by atoms with Crippen LogP contribution in [0.5, 0.6) is 0 Å². The molecular weight excluding hydrogens is 188 g/mol. The number of carbonyl (C=O) groups excluding carboxylic acids is 1. The molecule has 2 unspecified atom stereocenters. The molecule has 82 valence electrons. The Morgan fingerprint density at radius 3 is 2.43 bits per heavy atom. The normalized spacial score (nSPS) is 14.5. The van der Waals surface area contributed by atoms with E-state index in [2.05, 4.69) is 5.32 Å². The van der Waals surface area contributed by atoms with E-state index >= 15 is 0 Å². The molecule has 0 saturated carbocycles. The van der Waals surface area contributed by atoms with Gasteiger partial charge in [0.25, 0.3) is 0 Å². The zero-order chi connectivity index (χ0) is 11.1. The van der Waals surface area contributed by atoms with Crippen molar-refractivity contribution in [2.75, 3.05) is 6.61 Å². The highest BCUT2D eigenvalue weighted by molar-refractivity contribution is 5.83. The van der Waals surface area contributed by atoms with E-state index < -0.39 is 17.9 Å². The Morgan fingerprint density at radius 2 is 2.07 bits per heavy atom. The Kier molecular flexibility index (Phi) is 5.82. The standard InChI is InChI=1S/C8H16N2O4/c1-5(9)4-7(12)10-6(2-3-11)8(13)14/h5-6,11H,2-4,9H2,1H3,(H,10,12)(H,13,14). The van der Waals surface area contributed by atoms with Crippen LogP contribution in [0.2, 0.25) is 0 Å². The third-order valence-electron chi connectivity index (χ3n) is 1.56. The first-order valence-electron chi connectivity index (χ1n) is 4.36. The molecule has 2 atom stereocenters. The molecule has 0 spiro atoms. The molecule has 1 amide bonds. The van der Waals surface area contributed by atoms with Crippen LogP contribution in [0.4, 0.5) is 0 Å². The number of aliphatic hydroxyl groups is 1. The van der Waals surface area contributed by atoms with Crippen molar-refractivity contribution >= 4 is 11.9 Å². The number of hydrogen-bond acceptors (Lipinski definition) is 4. The summed E-state index contributed by atoms with van der Waals surface area (Å²) < 4.78 is 0. The molecule has 0 aliphatic rings. The van der Waals surface area contributed by atoms with Crippen molar-refractivity contribution in [2.45, 2.75) is 31.8 Å². The number of carboxylic acids is 1. The van der Waals surface area contributed by atoms with Crippen LogP contribution >= 0.6 is 0 Å². The lowest BCUT2D eigenvalue weighted by molar-refractivity contribution is -0.142. The van der Waals surface area contributed by atoms with E-state index in [1.165, 1.54) is 0 Å². The van der Waals surface area contributed by atoms with E-state index in [9.17, 15) is 9.59 Å². The van der Waals surface area contributed by atoms with Gasteiger partial charge < -0.3 is 21.3 Å². The van der Waals surface area contributed by atoms with E-state index in [0.717, 1.165) is 0 Å². The molecule has 0 aromatic rings. The Bertz CT molecular complexity index is 206. The maximum atomic E-state index is 11.1. The van der Waals surface area contributed by atoms with Crippen LogP contribution in [0.25, 0.3) is 0 Å². The Balaban J connectivity index is 4.02. The lowest BCUT2D eigenvalue weighted by Crippen LogP contribution is -2.42. The SMILES string of the molecule is CC(N)CC(=O)NC(CCO)C(=O)O. The summed E-state index contributed by atoms with van der Waals surface area (Å²) in [5, 5.41) is 19.4. The smallest absolute Gasteiger partial charge is 0.326 e. The van der Waals surface area contributed by atoms with Crippen molar-refractivity contribution in [1.29, 1.82) is 0 Å². The molecule has 0 aromatic carbocycles. The molecule has 0 bridgehead atoms. The second-order valence-electron chi connectivity index (χ2n) is 3.15. The number of carboxylic acid groups (broad SMARTS) is 1. The minimum atomic E-state index is -1.16. The van der Waals surface area contributed by atoms with E-state index in [1.54, 1.807) is 6.92 Å². The van der Waals surface area contributed by atoms with Gasteiger partial charge in [0.1, 0.15) is 6.04 Å². The van der Waals surface area contributed by atoms with Gasteiger partial charge in [-0.25, -0.2) is 4.79 Å². The van der Waals surface area contributed by atoms with Crippen LogP contribution in [0, 0.1) is 0 Å². The number of rotatable bonds is 6. The molecule has 0 aromatic heterocycles. The summed E-state index contributed by atoms with van der Waals surface area (Å²) >= 11 is 0. The van der Waals surface area contributed by atoms with Gasteiger partial charge in [-0.2, -0.15) is 0 Å². The van der Waals surface area contributed by atoms with Crippen LogP contribution in [0.1, 0.15) is 19.8 Å². The number of aliphatic hydroxyl groups excluding tert-OH is 1. The van der Waals surface area contributed by atoms with Gasteiger partial charge in [0.05, 0.1) is 0 Å². The van der Waals surface area contributed by atoms with Gasteiger partial charge in [0.15, 0.2) is 0 Å². The van der Waals surface area contributed by atoms with Gasteiger partial charge in [-0.3, -0.25) is 4.79 Å². The molecular formula is C8H16N2O4. The maximum Gasteiger partial charge on any atom is 0.326 e. The quantitative estimate of drug-likeness (QED) is 0.428. The van der Waals surface area contributed by atoms with Crippen LogP contribution in [0.3, 0.4) is 0 Å².